The fourth-order valence-corrected chi connectivity index (χ4v) is 1.92. The van der Waals surface area contributed by atoms with Crippen molar-refractivity contribution in [3.63, 3.8) is 0 Å². The zero-order valence-electron chi connectivity index (χ0n) is 9.93. The summed E-state index contributed by atoms with van der Waals surface area (Å²) in [6.45, 7) is 0. The van der Waals surface area contributed by atoms with Crippen LogP contribution < -0.4 is 5.73 Å². The molecule has 0 fully saturated rings. The third-order valence-corrected chi connectivity index (χ3v) is 3.26. The maximum atomic E-state index is 5.89. The molecule has 2 aromatic rings. The highest BCUT2D eigenvalue weighted by Crippen LogP contribution is 2.31. The summed E-state index contributed by atoms with van der Waals surface area (Å²) in [4.78, 5) is 4.40. The number of aliphatic imine (C=N–C) groups is 1. The van der Waals surface area contributed by atoms with E-state index in [4.69, 9.17) is 17.3 Å². The van der Waals surface area contributed by atoms with Gasteiger partial charge in [0.2, 0.25) is 0 Å². The van der Waals surface area contributed by atoms with Crippen LogP contribution in [0.3, 0.4) is 0 Å². The molecule has 92 valence electrons. The Morgan fingerprint density at radius 3 is 2.44 bits per heavy atom. The second-order valence-electron chi connectivity index (χ2n) is 3.68. The van der Waals surface area contributed by atoms with Crippen LogP contribution in [0.15, 0.2) is 53.5 Å². The molecule has 0 aromatic heterocycles. The molecular weight excluding hydrogens is 264 g/mol. The zero-order valence-corrected chi connectivity index (χ0v) is 11.5. The number of hydrogen-bond acceptors (Lipinski definition) is 2. The van der Waals surface area contributed by atoms with Crippen LogP contribution in [-0.2, 0) is 0 Å². The standard InChI is InChI=1S/C14H13ClN2S/c1-18-14(16)17-13-5-3-2-4-12(13)10-6-8-11(15)9-7-10/h2-9H,1H3,(H2,16,17). The van der Waals surface area contributed by atoms with E-state index in [0.29, 0.717) is 5.17 Å². The third-order valence-electron chi connectivity index (χ3n) is 2.50. The second kappa shape index (κ2) is 5.94. The van der Waals surface area contributed by atoms with Gasteiger partial charge in [0.05, 0.1) is 5.69 Å². The Bertz CT molecular complexity index is 564. The van der Waals surface area contributed by atoms with Crippen LogP contribution >= 0.6 is 23.4 Å². The minimum absolute atomic E-state index is 0.552. The van der Waals surface area contributed by atoms with Gasteiger partial charge in [0.25, 0.3) is 0 Å². The smallest absolute Gasteiger partial charge is 0.158 e. The molecule has 0 heterocycles. The minimum Gasteiger partial charge on any atom is -0.378 e. The van der Waals surface area contributed by atoms with E-state index >= 15 is 0 Å². The Morgan fingerprint density at radius 2 is 1.78 bits per heavy atom. The molecule has 0 aliphatic rings. The summed E-state index contributed by atoms with van der Waals surface area (Å²) in [5.74, 6) is 0. The van der Waals surface area contributed by atoms with Crippen LogP contribution in [0, 0.1) is 0 Å². The summed E-state index contributed by atoms with van der Waals surface area (Å²) < 4.78 is 0. The molecule has 2 aromatic carbocycles. The number of nitrogens with zero attached hydrogens (tertiary/aromatic N) is 1. The number of amidine groups is 1. The molecule has 0 bridgehead atoms. The van der Waals surface area contributed by atoms with Crippen molar-refractivity contribution in [3.05, 3.63) is 53.6 Å². The highest BCUT2D eigenvalue weighted by molar-refractivity contribution is 8.13. The van der Waals surface area contributed by atoms with E-state index < -0.39 is 0 Å². The van der Waals surface area contributed by atoms with E-state index in [1.165, 1.54) is 11.8 Å². The van der Waals surface area contributed by atoms with Gasteiger partial charge >= 0.3 is 0 Å². The summed E-state index contributed by atoms with van der Waals surface area (Å²) >= 11 is 7.33. The molecule has 0 atom stereocenters. The number of nitrogens with two attached hydrogens (primary N) is 1. The van der Waals surface area contributed by atoms with Crippen molar-refractivity contribution in [1.82, 2.24) is 0 Å². The van der Waals surface area contributed by atoms with Crippen molar-refractivity contribution < 1.29 is 0 Å². The molecule has 0 spiro atoms. The van der Waals surface area contributed by atoms with Gasteiger partial charge in [-0.15, -0.1) is 0 Å². The summed E-state index contributed by atoms with van der Waals surface area (Å²) in [6, 6.07) is 15.6. The lowest BCUT2D eigenvalue weighted by Crippen LogP contribution is -2.04. The first-order chi connectivity index (χ1) is 8.70. The third kappa shape index (κ3) is 3.06. The van der Waals surface area contributed by atoms with Gasteiger partial charge in [-0.05, 0) is 30.0 Å². The maximum absolute atomic E-state index is 5.89. The predicted octanol–water partition coefficient (Wildman–Crippen LogP) is 4.32. The normalized spacial score (nSPS) is 11.6. The van der Waals surface area contributed by atoms with Crippen LogP contribution in [0.2, 0.25) is 5.02 Å². The van der Waals surface area contributed by atoms with Gasteiger partial charge in [-0.1, -0.05) is 53.7 Å². The number of halogens is 1. The molecular formula is C14H13ClN2S. The molecule has 0 saturated heterocycles. The fraction of sp³-hybridized carbons (Fsp3) is 0.0714. The van der Waals surface area contributed by atoms with Gasteiger partial charge in [-0.25, -0.2) is 4.99 Å². The Kier molecular flexibility index (Phi) is 4.28. The van der Waals surface area contributed by atoms with Gasteiger partial charge < -0.3 is 5.73 Å². The molecule has 0 aliphatic heterocycles. The van der Waals surface area contributed by atoms with Crippen LogP contribution in [0.5, 0.6) is 0 Å². The Balaban J connectivity index is 2.48. The van der Waals surface area contributed by atoms with Crippen LogP contribution in [0.1, 0.15) is 0 Å². The average Bonchev–Trinajstić information content (AvgIpc) is 2.40. The van der Waals surface area contributed by atoms with E-state index in [1.807, 2.05) is 54.8 Å². The molecule has 0 aliphatic carbocycles. The van der Waals surface area contributed by atoms with Crippen LogP contribution in [-0.4, -0.2) is 11.4 Å². The van der Waals surface area contributed by atoms with E-state index in [2.05, 4.69) is 4.99 Å². The lowest BCUT2D eigenvalue weighted by Gasteiger charge is -2.06. The fourth-order valence-electron chi connectivity index (χ4n) is 1.61. The predicted molar refractivity (Wildman–Crippen MR) is 81.7 cm³/mol. The first kappa shape index (κ1) is 13.0. The summed E-state index contributed by atoms with van der Waals surface area (Å²) in [6.07, 6.45) is 1.91. The van der Waals surface area contributed by atoms with Gasteiger partial charge in [0.15, 0.2) is 5.17 Å². The summed E-state index contributed by atoms with van der Waals surface area (Å²) in [7, 11) is 0. The first-order valence-electron chi connectivity index (χ1n) is 5.44. The number of hydrogen-bond donors (Lipinski definition) is 1. The quantitative estimate of drug-likeness (QED) is 0.655. The van der Waals surface area contributed by atoms with E-state index in [0.717, 1.165) is 21.8 Å². The molecule has 0 radical (unpaired) electrons. The summed E-state index contributed by atoms with van der Waals surface area (Å²) in [5.41, 5.74) is 8.76. The zero-order chi connectivity index (χ0) is 13.0. The lowest BCUT2D eigenvalue weighted by molar-refractivity contribution is 1.49. The van der Waals surface area contributed by atoms with Crippen molar-refractivity contribution in [2.45, 2.75) is 0 Å². The van der Waals surface area contributed by atoms with Gasteiger partial charge in [0, 0.05) is 10.6 Å². The Hall–Kier alpha value is -1.45. The highest BCUT2D eigenvalue weighted by Gasteiger charge is 2.04. The minimum atomic E-state index is 0.552. The van der Waals surface area contributed by atoms with E-state index in [1.54, 1.807) is 0 Å². The van der Waals surface area contributed by atoms with Gasteiger partial charge in [0.1, 0.15) is 0 Å². The number of para-hydroxylation sites is 1. The lowest BCUT2D eigenvalue weighted by atomic mass is 10.0. The first-order valence-corrected chi connectivity index (χ1v) is 7.04. The summed E-state index contributed by atoms with van der Waals surface area (Å²) in [5, 5.41) is 1.28. The van der Waals surface area contributed by atoms with Gasteiger partial charge in [-0.3, -0.25) is 0 Å². The number of thioether (sulfide) groups is 1. The molecule has 2 N–H and O–H groups in total. The molecule has 0 unspecified atom stereocenters. The van der Waals surface area contributed by atoms with Crippen molar-refractivity contribution in [3.8, 4) is 11.1 Å². The topological polar surface area (TPSA) is 38.4 Å². The maximum Gasteiger partial charge on any atom is 0.158 e. The molecule has 4 heteroatoms. The van der Waals surface area contributed by atoms with E-state index in [9.17, 15) is 0 Å². The van der Waals surface area contributed by atoms with Crippen LogP contribution in [0.25, 0.3) is 11.1 Å². The molecule has 2 rings (SSSR count). The van der Waals surface area contributed by atoms with Crippen molar-refractivity contribution in [2.24, 2.45) is 10.7 Å². The molecule has 2 nitrogen and oxygen atoms in total. The second-order valence-corrected chi connectivity index (χ2v) is 4.94. The number of benzene rings is 2. The van der Waals surface area contributed by atoms with Crippen molar-refractivity contribution >= 4 is 34.2 Å². The average molecular weight is 277 g/mol. The Morgan fingerprint density at radius 1 is 1.11 bits per heavy atom. The molecule has 0 amide bonds. The van der Waals surface area contributed by atoms with E-state index in [-0.39, 0.29) is 0 Å². The highest BCUT2D eigenvalue weighted by atomic mass is 35.5. The Labute approximate surface area is 116 Å². The SMILES string of the molecule is CSC(N)=Nc1ccccc1-c1ccc(Cl)cc1. The van der Waals surface area contributed by atoms with Crippen molar-refractivity contribution in [1.29, 1.82) is 0 Å². The largest absolute Gasteiger partial charge is 0.378 e. The monoisotopic (exact) mass is 276 g/mol. The molecule has 18 heavy (non-hydrogen) atoms. The number of rotatable bonds is 2. The van der Waals surface area contributed by atoms with Gasteiger partial charge in [-0.2, -0.15) is 0 Å². The molecule has 0 saturated carbocycles. The van der Waals surface area contributed by atoms with Crippen LogP contribution in [0.4, 0.5) is 5.69 Å². The van der Waals surface area contributed by atoms with Crippen molar-refractivity contribution in [2.75, 3.05) is 6.26 Å².